The second-order valence-corrected chi connectivity index (χ2v) is 6.99. The van der Waals surface area contributed by atoms with E-state index in [9.17, 15) is 4.79 Å². The van der Waals surface area contributed by atoms with Gasteiger partial charge in [-0.1, -0.05) is 39.0 Å². The number of carbonyl (C=O) groups is 1. The number of carbonyl (C=O) groups excluding carboxylic acids is 1. The number of amides is 1. The summed E-state index contributed by atoms with van der Waals surface area (Å²) in [5.41, 5.74) is 0. The second-order valence-electron chi connectivity index (χ2n) is 6.99. The van der Waals surface area contributed by atoms with E-state index >= 15 is 0 Å². The predicted molar refractivity (Wildman–Crippen MR) is 88.3 cm³/mol. The molecule has 1 heterocycles. The molecule has 1 saturated heterocycles. The summed E-state index contributed by atoms with van der Waals surface area (Å²) in [4.78, 5) is 14.7. The minimum atomic E-state index is 0.437. The average Bonchev–Trinajstić information content (AvgIpc) is 3.34. The number of rotatable bonds is 10. The lowest BCUT2D eigenvalue weighted by Crippen LogP contribution is -2.40. The van der Waals surface area contributed by atoms with Gasteiger partial charge in [0.2, 0.25) is 5.91 Å². The van der Waals surface area contributed by atoms with Crippen LogP contribution in [0.4, 0.5) is 0 Å². The zero-order valence-corrected chi connectivity index (χ0v) is 13.9. The molecule has 1 amide bonds. The fourth-order valence-corrected chi connectivity index (χ4v) is 3.38. The molecule has 0 atom stereocenters. The molecule has 1 aliphatic heterocycles. The Morgan fingerprint density at radius 2 is 1.67 bits per heavy atom. The number of hydrogen-bond donors (Lipinski definition) is 1. The monoisotopic (exact) mass is 294 g/mol. The van der Waals surface area contributed by atoms with Crippen LogP contribution in [-0.4, -0.2) is 36.5 Å². The van der Waals surface area contributed by atoms with E-state index in [1.54, 1.807) is 0 Å². The molecule has 0 aromatic rings. The van der Waals surface area contributed by atoms with Gasteiger partial charge in [-0.25, -0.2) is 0 Å². The van der Waals surface area contributed by atoms with Crippen LogP contribution >= 0.6 is 0 Å². The Morgan fingerprint density at radius 1 is 1.00 bits per heavy atom. The van der Waals surface area contributed by atoms with Crippen LogP contribution in [0, 0.1) is 5.92 Å². The quantitative estimate of drug-likeness (QED) is 0.623. The standard InChI is InChI=1S/C18H34N2O/c1-2-3-4-5-6-7-8-18(21)20(17-9-10-17)15-16-11-13-19-14-12-16/h16-17,19H,2-15H2,1H3. The largest absolute Gasteiger partial charge is 0.339 e. The topological polar surface area (TPSA) is 32.3 Å². The van der Waals surface area contributed by atoms with Gasteiger partial charge in [-0.3, -0.25) is 4.79 Å². The van der Waals surface area contributed by atoms with Gasteiger partial charge in [-0.15, -0.1) is 0 Å². The van der Waals surface area contributed by atoms with Crippen molar-refractivity contribution in [3.63, 3.8) is 0 Å². The Morgan fingerprint density at radius 3 is 2.33 bits per heavy atom. The van der Waals surface area contributed by atoms with Crippen molar-refractivity contribution in [3.8, 4) is 0 Å². The first kappa shape index (κ1) is 16.8. The van der Waals surface area contributed by atoms with E-state index in [2.05, 4.69) is 17.1 Å². The SMILES string of the molecule is CCCCCCCCC(=O)N(CC1CCNCC1)C1CC1. The Labute approximate surface area is 130 Å². The molecular formula is C18H34N2O. The van der Waals surface area contributed by atoms with Crippen molar-refractivity contribution < 1.29 is 4.79 Å². The van der Waals surface area contributed by atoms with Crippen molar-refractivity contribution in [2.24, 2.45) is 5.92 Å². The van der Waals surface area contributed by atoms with E-state index in [0.29, 0.717) is 11.9 Å². The van der Waals surface area contributed by atoms with Gasteiger partial charge in [0, 0.05) is 19.0 Å². The normalized spacial score (nSPS) is 19.7. The highest BCUT2D eigenvalue weighted by atomic mass is 16.2. The van der Waals surface area contributed by atoms with Gasteiger partial charge in [0.1, 0.15) is 0 Å². The summed E-state index contributed by atoms with van der Waals surface area (Å²) in [6.45, 7) is 5.54. The predicted octanol–water partition coefficient (Wildman–Crippen LogP) is 3.73. The molecule has 3 nitrogen and oxygen atoms in total. The van der Waals surface area contributed by atoms with E-state index in [0.717, 1.165) is 38.4 Å². The molecule has 2 aliphatic rings. The van der Waals surface area contributed by atoms with Crippen LogP contribution < -0.4 is 5.32 Å². The third-order valence-electron chi connectivity index (χ3n) is 4.97. The summed E-state index contributed by atoms with van der Waals surface area (Å²) in [5, 5.41) is 3.42. The average molecular weight is 294 g/mol. The van der Waals surface area contributed by atoms with Crippen molar-refractivity contribution in [3.05, 3.63) is 0 Å². The van der Waals surface area contributed by atoms with Crippen LogP contribution in [0.15, 0.2) is 0 Å². The van der Waals surface area contributed by atoms with Gasteiger partial charge in [0.05, 0.1) is 0 Å². The Bertz CT molecular complexity index is 296. The lowest BCUT2D eigenvalue weighted by Gasteiger charge is -2.30. The molecule has 1 N–H and O–H groups in total. The van der Waals surface area contributed by atoms with Gasteiger partial charge in [0.25, 0.3) is 0 Å². The van der Waals surface area contributed by atoms with Crippen molar-refractivity contribution in [2.45, 2.75) is 83.6 Å². The first-order valence-electron chi connectivity index (χ1n) is 9.31. The maximum Gasteiger partial charge on any atom is 0.222 e. The van der Waals surface area contributed by atoms with E-state index in [-0.39, 0.29) is 0 Å². The number of piperidine rings is 1. The van der Waals surface area contributed by atoms with Gasteiger partial charge in [0.15, 0.2) is 0 Å². The Hall–Kier alpha value is -0.570. The van der Waals surface area contributed by atoms with Crippen molar-refractivity contribution in [1.29, 1.82) is 0 Å². The lowest BCUT2D eigenvalue weighted by atomic mass is 9.97. The van der Waals surface area contributed by atoms with E-state index in [4.69, 9.17) is 0 Å². The van der Waals surface area contributed by atoms with Crippen molar-refractivity contribution >= 4 is 5.91 Å². The molecule has 0 spiro atoms. The molecule has 0 aromatic carbocycles. The molecule has 1 saturated carbocycles. The van der Waals surface area contributed by atoms with Crippen LogP contribution in [0.5, 0.6) is 0 Å². The highest BCUT2D eigenvalue weighted by Gasteiger charge is 2.33. The summed E-state index contributed by atoms with van der Waals surface area (Å²) in [6.07, 6.45) is 13.4. The molecule has 3 heteroatoms. The Kier molecular flexibility index (Phi) is 7.56. The number of nitrogens with zero attached hydrogens (tertiary/aromatic N) is 1. The lowest BCUT2D eigenvalue weighted by molar-refractivity contribution is -0.132. The van der Waals surface area contributed by atoms with Gasteiger partial charge in [-0.2, -0.15) is 0 Å². The summed E-state index contributed by atoms with van der Waals surface area (Å²) in [6, 6.07) is 0.590. The zero-order valence-electron chi connectivity index (χ0n) is 13.9. The fraction of sp³-hybridized carbons (Fsp3) is 0.944. The highest BCUT2D eigenvalue weighted by Crippen LogP contribution is 2.30. The fourth-order valence-electron chi connectivity index (χ4n) is 3.38. The molecule has 0 unspecified atom stereocenters. The molecule has 1 aliphatic carbocycles. The molecule has 2 rings (SSSR count). The van der Waals surface area contributed by atoms with Gasteiger partial charge in [-0.05, 0) is 51.1 Å². The van der Waals surface area contributed by atoms with E-state index in [1.807, 2.05) is 0 Å². The third kappa shape index (κ3) is 6.37. The highest BCUT2D eigenvalue weighted by molar-refractivity contribution is 5.76. The minimum absolute atomic E-state index is 0.437. The molecule has 2 fully saturated rings. The Balaban J connectivity index is 1.64. The minimum Gasteiger partial charge on any atom is -0.339 e. The zero-order chi connectivity index (χ0) is 14.9. The van der Waals surface area contributed by atoms with Crippen LogP contribution in [0.2, 0.25) is 0 Å². The number of unbranched alkanes of at least 4 members (excludes halogenated alkanes) is 5. The molecule has 0 aromatic heterocycles. The summed E-state index contributed by atoms with van der Waals surface area (Å²) >= 11 is 0. The maximum absolute atomic E-state index is 12.5. The molecule has 0 bridgehead atoms. The van der Waals surface area contributed by atoms with Crippen LogP contribution in [0.25, 0.3) is 0 Å². The third-order valence-corrected chi connectivity index (χ3v) is 4.97. The van der Waals surface area contributed by atoms with Crippen LogP contribution in [0.1, 0.15) is 77.6 Å². The molecule has 122 valence electrons. The summed E-state index contributed by atoms with van der Waals surface area (Å²) in [7, 11) is 0. The van der Waals surface area contributed by atoms with Crippen LogP contribution in [0.3, 0.4) is 0 Å². The first-order valence-corrected chi connectivity index (χ1v) is 9.31. The van der Waals surface area contributed by atoms with E-state index in [1.165, 1.54) is 57.8 Å². The second kappa shape index (κ2) is 9.45. The number of hydrogen-bond acceptors (Lipinski definition) is 2. The first-order chi connectivity index (χ1) is 10.3. The summed E-state index contributed by atoms with van der Waals surface area (Å²) < 4.78 is 0. The van der Waals surface area contributed by atoms with Gasteiger partial charge >= 0.3 is 0 Å². The molecule has 21 heavy (non-hydrogen) atoms. The van der Waals surface area contributed by atoms with Crippen molar-refractivity contribution in [1.82, 2.24) is 10.2 Å². The molecule has 0 radical (unpaired) electrons. The molecular weight excluding hydrogens is 260 g/mol. The maximum atomic E-state index is 12.5. The van der Waals surface area contributed by atoms with E-state index < -0.39 is 0 Å². The smallest absolute Gasteiger partial charge is 0.222 e. The summed E-state index contributed by atoms with van der Waals surface area (Å²) in [5.74, 6) is 1.17. The van der Waals surface area contributed by atoms with Crippen LogP contribution in [-0.2, 0) is 4.79 Å². The number of nitrogens with one attached hydrogen (secondary N) is 1. The van der Waals surface area contributed by atoms with Crippen molar-refractivity contribution in [2.75, 3.05) is 19.6 Å². The van der Waals surface area contributed by atoms with Gasteiger partial charge < -0.3 is 10.2 Å².